The molecule has 386 valence electrons. The molecule has 0 aliphatic carbocycles. The van der Waals surface area contributed by atoms with Crippen molar-refractivity contribution in [3.8, 4) is 0 Å². The smallest absolute Gasteiger partial charge is 0.187 e. The third-order valence-electron chi connectivity index (χ3n) is 12.4. The highest BCUT2D eigenvalue weighted by Crippen LogP contribution is 2.35. The SMILES string of the molecule is CO[C@@H]1OC(CO[C@H]2OC(CO[C@@H]3OC(CO)[C@@H](O)[C@H](O)C3O)[C@@H](O)[C@H](O)C2O)[C@@H](O)[C@H](O[C@@H]2OC(C)[C@H](O[C@@H]3OC(CO)[C@@H](O[C@@H]4OC[C@@H](OC)C(O)C4O)[C@H](O)C3O)[C@H](O)C2O)C1O. The molecule has 6 rings (SSSR count). The summed E-state index contributed by atoms with van der Waals surface area (Å²) in [6.07, 6.45) is -48.2. The molecule has 0 bridgehead atoms. The molecule has 6 aliphatic rings. The zero-order valence-corrected chi connectivity index (χ0v) is 35.7. The lowest BCUT2D eigenvalue weighted by Crippen LogP contribution is -2.66. The standard InChI is InChI=1S/C37H64O29/c1-9-29(64-37-27(52)22(47)30(11(5-39)61-37)65-35-23(48)16(41)12(54-2)6-56-35)21(46)26(51)36(59-9)66-31-18(43)14(62-32(55-3)28(31)53)8-58-34-25(50)20(45)17(42)13(63-34)7-57-33-24(49)19(44)15(40)10(4-38)60-33/h9-53H,4-8H2,1-3H3/t9?,10?,11?,12-,13?,14?,15-,16?,17-,18-,19+,20+,21-,22-,23?,24?,25?,26?,27?,28?,29+,30-,31+,32-,33-,34+,35+,36+,37+/m1/s1. The Morgan fingerprint density at radius 3 is 1.38 bits per heavy atom. The number of aliphatic hydroxyl groups is 16. The summed E-state index contributed by atoms with van der Waals surface area (Å²) in [6.45, 7) is -1.79. The molecule has 0 aromatic rings. The van der Waals surface area contributed by atoms with Gasteiger partial charge in [0, 0.05) is 14.2 Å². The van der Waals surface area contributed by atoms with E-state index in [9.17, 15) is 81.7 Å². The van der Waals surface area contributed by atoms with Crippen molar-refractivity contribution in [1.29, 1.82) is 0 Å². The zero-order chi connectivity index (χ0) is 48.5. The summed E-state index contributed by atoms with van der Waals surface area (Å²) < 4.78 is 71.8. The molecule has 29 nitrogen and oxygen atoms in total. The summed E-state index contributed by atoms with van der Waals surface area (Å²) in [5, 5.41) is 169. The van der Waals surface area contributed by atoms with E-state index in [-0.39, 0.29) is 6.61 Å². The second kappa shape index (κ2) is 23.4. The van der Waals surface area contributed by atoms with Gasteiger partial charge in [0.25, 0.3) is 0 Å². The average molecular weight is 973 g/mol. The van der Waals surface area contributed by atoms with Crippen LogP contribution in [-0.4, -0.2) is 307 Å². The van der Waals surface area contributed by atoms with Gasteiger partial charge in [0.05, 0.1) is 39.1 Å². The van der Waals surface area contributed by atoms with E-state index in [0.29, 0.717) is 0 Å². The van der Waals surface area contributed by atoms with E-state index >= 15 is 0 Å². The van der Waals surface area contributed by atoms with E-state index in [4.69, 9.17) is 61.6 Å². The fourth-order valence-corrected chi connectivity index (χ4v) is 8.37. The molecule has 0 aromatic heterocycles. The minimum atomic E-state index is -2.01. The van der Waals surface area contributed by atoms with Gasteiger partial charge in [-0.15, -0.1) is 0 Å². The van der Waals surface area contributed by atoms with Gasteiger partial charge in [0.1, 0.15) is 134 Å². The van der Waals surface area contributed by atoms with E-state index in [2.05, 4.69) is 0 Å². The van der Waals surface area contributed by atoms with Gasteiger partial charge in [0.15, 0.2) is 37.7 Å². The lowest BCUT2D eigenvalue weighted by Gasteiger charge is -2.48. The van der Waals surface area contributed by atoms with Gasteiger partial charge in [0.2, 0.25) is 0 Å². The van der Waals surface area contributed by atoms with E-state index in [1.165, 1.54) is 14.0 Å². The molecular weight excluding hydrogens is 908 g/mol. The Morgan fingerprint density at radius 1 is 0.379 bits per heavy atom. The molecule has 6 fully saturated rings. The van der Waals surface area contributed by atoms with Gasteiger partial charge in [-0.05, 0) is 6.92 Å². The van der Waals surface area contributed by atoms with Crippen LogP contribution in [-0.2, 0) is 61.6 Å². The normalized spacial score (nSPS) is 52.9. The third kappa shape index (κ3) is 11.3. The van der Waals surface area contributed by atoms with Gasteiger partial charge in [-0.1, -0.05) is 0 Å². The number of hydrogen-bond donors (Lipinski definition) is 16. The van der Waals surface area contributed by atoms with Crippen LogP contribution in [0.3, 0.4) is 0 Å². The quantitative estimate of drug-likeness (QED) is 0.0683. The molecule has 66 heavy (non-hydrogen) atoms. The highest BCUT2D eigenvalue weighted by molar-refractivity contribution is 4.98. The van der Waals surface area contributed by atoms with Crippen molar-refractivity contribution in [2.45, 2.75) is 185 Å². The van der Waals surface area contributed by atoms with Crippen molar-refractivity contribution in [2.75, 3.05) is 47.3 Å². The van der Waals surface area contributed by atoms with Gasteiger partial charge >= 0.3 is 0 Å². The first-order valence-electron chi connectivity index (χ1n) is 21.2. The Morgan fingerprint density at radius 2 is 0.818 bits per heavy atom. The molecule has 29 atom stereocenters. The van der Waals surface area contributed by atoms with Crippen LogP contribution in [0.25, 0.3) is 0 Å². The predicted octanol–water partition coefficient (Wildman–Crippen LogP) is -11.1. The van der Waals surface area contributed by atoms with Crippen molar-refractivity contribution >= 4 is 0 Å². The van der Waals surface area contributed by atoms with Crippen LogP contribution in [0, 0.1) is 0 Å². The van der Waals surface area contributed by atoms with Crippen LogP contribution in [0.5, 0.6) is 0 Å². The number of hydrogen-bond acceptors (Lipinski definition) is 29. The van der Waals surface area contributed by atoms with E-state index in [0.717, 1.165) is 7.11 Å². The number of ether oxygens (including phenoxy) is 13. The Kier molecular flexibility index (Phi) is 19.2. The first-order chi connectivity index (χ1) is 31.3. The Hall–Kier alpha value is -1.16. The summed E-state index contributed by atoms with van der Waals surface area (Å²) in [5.74, 6) is 0. The minimum Gasteiger partial charge on any atom is -0.394 e. The molecule has 6 saturated heterocycles. The maximum Gasteiger partial charge on any atom is 0.187 e. The first kappa shape index (κ1) is 54.2. The minimum absolute atomic E-state index is 0.209. The molecule has 0 spiro atoms. The zero-order valence-electron chi connectivity index (χ0n) is 35.7. The third-order valence-corrected chi connectivity index (χ3v) is 12.4. The van der Waals surface area contributed by atoms with E-state index in [1.54, 1.807) is 0 Å². The maximum atomic E-state index is 11.4. The highest BCUT2D eigenvalue weighted by atomic mass is 16.8. The Labute approximate surface area is 375 Å². The van der Waals surface area contributed by atoms with Gasteiger partial charge in [-0.25, -0.2) is 0 Å². The van der Waals surface area contributed by atoms with Gasteiger partial charge in [-0.3, -0.25) is 0 Å². The largest absolute Gasteiger partial charge is 0.394 e. The summed E-state index contributed by atoms with van der Waals surface area (Å²) in [6, 6.07) is 0. The lowest BCUT2D eigenvalue weighted by molar-refractivity contribution is -0.384. The topological polar surface area (TPSA) is 444 Å². The molecule has 29 heteroatoms. The Balaban J connectivity index is 1.04. The maximum absolute atomic E-state index is 11.4. The monoisotopic (exact) mass is 972 g/mol. The summed E-state index contributed by atoms with van der Waals surface area (Å²) in [5.41, 5.74) is 0. The molecule has 6 aliphatic heterocycles. The summed E-state index contributed by atoms with van der Waals surface area (Å²) in [7, 11) is 2.42. The van der Waals surface area contributed by atoms with Crippen molar-refractivity contribution in [1.82, 2.24) is 0 Å². The lowest BCUT2D eigenvalue weighted by atomic mass is 9.96. The fraction of sp³-hybridized carbons (Fsp3) is 1.00. The van der Waals surface area contributed by atoms with Crippen molar-refractivity contribution in [2.24, 2.45) is 0 Å². The molecule has 0 saturated carbocycles. The predicted molar refractivity (Wildman–Crippen MR) is 201 cm³/mol. The number of rotatable bonds is 16. The highest BCUT2D eigenvalue weighted by Gasteiger charge is 2.55. The van der Waals surface area contributed by atoms with Crippen LogP contribution in [0.2, 0.25) is 0 Å². The van der Waals surface area contributed by atoms with Crippen molar-refractivity contribution in [3.05, 3.63) is 0 Å². The molecular formula is C37H64O29. The molecule has 6 heterocycles. The van der Waals surface area contributed by atoms with Crippen LogP contribution < -0.4 is 0 Å². The summed E-state index contributed by atoms with van der Waals surface area (Å²) >= 11 is 0. The average Bonchev–Trinajstić information content (AvgIpc) is 3.30. The molecule has 0 amide bonds. The molecule has 0 aromatic carbocycles. The molecule has 12 unspecified atom stereocenters. The first-order valence-corrected chi connectivity index (χ1v) is 21.2. The van der Waals surface area contributed by atoms with Crippen LogP contribution in [0.15, 0.2) is 0 Å². The summed E-state index contributed by atoms with van der Waals surface area (Å²) in [4.78, 5) is 0. The van der Waals surface area contributed by atoms with E-state index in [1.807, 2.05) is 0 Å². The van der Waals surface area contributed by atoms with E-state index < -0.39 is 205 Å². The van der Waals surface area contributed by atoms with Crippen molar-refractivity contribution < 1.29 is 143 Å². The fourth-order valence-electron chi connectivity index (χ4n) is 8.37. The van der Waals surface area contributed by atoms with Crippen LogP contribution in [0.4, 0.5) is 0 Å². The molecule has 16 N–H and O–H groups in total. The second-order valence-electron chi connectivity index (χ2n) is 16.8. The van der Waals surface area contributed by atoms with Crippen LogP contribution in [0.1, 0.15) is 6.92 Å². The second-order valence-corrected chi connectivity index (χ2v) is 16.8. The van der Waals surface area contributed by atoms with Gasteiger partial charge in [-0.2, -0.15) is 0 Å². The number of methoxy groups -OCH3 is 2. The van der Waals surface area contributed by atoms with Gasteiger partial charge < -0.3 is 143 Å². The van der Waals surface area contributed by atoms with Crippen LogP contribution >= 0.6 is 0 Å². The molecule has 0 radical (unpaired) electrons. The van der Waals surface area contributed by atoms with Crippen molar-refractivity contribution in [3.63, 3.8) is 0 Å². The number of aliphatic hydroxyl groups excluding tert-OH is 16. The Bertz CT molecular complexity index is 1470.